The van der Waals surface area contributed by atoms with Gasteiger partial charge in [-0.15, -0.1) is 0 Å². The number of carbonyl (C=O) groups excluding carboxylic acids is 1. The number of amidine groups is 1. The Morgan fingerprint density at radius 1 is 1.50 bits per heavy atom. The lowest BCUT2D eigenvalue weighted by Gasteiger charge is -2.26. The molecule has 0 amide bonds. The maximum atomic E-state index is 10.7. The van der Waals surface area contributed by atoms with E-state index in [-0.39, 0.29) is 0 Å². The first-order chi connectivity index (χ1) is 4.70. The van der Waals surface area contributed by atoms with Crippen LogP contribution in [0.2, 0.25) is 0 Å². The van der Waals surface area contributed by atoms with Crippen LogP contribution in [0, 0.1) is 5.41 Å². The highest BCUT2D eigenvalue weighted by molar-refractivity contribution is 5.83. The Morgan fingerprint density at radius 3 is 2.40 bits per heavy atom. The molecule has 0 aromatic rings. The fraction of sp³-hybridized carbons (Fsp3) is 0.714. The molecule has 0 radical (unpaired) electrons. The van der Waals surface area contributed by atoms with Crippen LogP contribution < -0.4 is 0 Å². The first-order valence-corrected chi connectivity index (χ1v) is 3.52. The molecule has 1 aliphatic rings. The monoisotopic (exact) mass is 140 g/mol. The molecule has 1 fully saturated rings. The third-order valence-electron chi connectivity index (χ3n) is 1.80. The first kappa shape index (κ1) is 7.25. The fourth-order valence-corrected chi connectivity index (χ4v) is 1.09. The largest absolute Gasteiger partial charge is 0.360 e. The van der Waals surface area contributed by atoms with Crippen molar-refractivity contribution in [1.29, 1.82) is 5.41 Å². The van der Waals surface area contributed by atoms with Crippen LogP contribution in [0.25, 0.3) is 0 Å². The SMILES string of the molecule is CC(=N)N1CCC(=O)CC1. The van der Waals surface area contributed by atoms with Crippen molar-refractivity contribution in [1.82, 2.24) is 4.90 Å². The van der Waals surface area contributed by atoms with Gasteiger partial charge < -0.3 is 4.90 Å². The Kier molecular flexibility index (Phi) is 2.04. The summed E-state index contributed by atoms with van der Waals surface area (Å²) in [5, 5.41) is 7.27. The van der Waals surface area contributed by atoms with Gasteiger partial charge in [-0.1, -0.05) is 0 Å². The number of piperidine rings is 1. The molecule has 3 heteroatoms. The summed E-state index contributed by atoms with van der Waals surface area (Å²) < 4.78 is 0. The smallest absolute Gasteiger partial charge is 0.136 e. The van der Waals surface area contributed by atoms with Gasteiger partial charge in [0.2, 0.25) is 0 Å². The molecule has 3 nitrogen and oxygen atoms in total. The molecule has 1 rings (SSSR count). The molecule has 0 unspecified atom stereocenters. The Hall–Kier alpha value is -0.860. The molecule has 0 aliphatic carbocycles. The zero-order chi connectivity index (χ0) is 7.56. The number of Topliss-reactive ketones (excluding diaryl/α,β-unsaturated/α-hetero) is 1. The topological polar surface area (TPSA) is 44.2 Å². The highest BCUT2D eigenvalue weighted by atomic mass is 16.1. The zero-order valence-corrected chi connectivity index (χ0v) is 6.18. The summed E-state index contributed by atoms with van der Waals surface area (Å²) in [6, 6.07) is 0. The molecular weight excluding hydrogens is 128 g/mol. The van der Waals surface area contributed by atoms with Gasteiger partial charge in [0, 0.05) is 25.9 Å². The second-order valence-electron chi connectivity index (χ2n) is 2.61. The first-order valence-electron chi connectivity index (χ1n) is 3.52. The van der Waals surface area contributed by atoms with Crippen molar-refractivity contribution in [2.24, 2.45) is 0 Å². The van der Waals surface area contributed by atoms with Gasteiger partial charge in [0.05, 0.1) is 5.84 Å². The van der Waals surface area contributed by atoms with E-state index in [0.29, 0.717) is 24.5 Å². The van der Waals surface area contributed by atoms with Gasteiger partial charge in [0.15, 0.2) is 0 Å². The van der Waals surface area contributed by atoms with E-state index >= 15 is 0 Å². The average Bonchev–Trinajstić information content (AvgIpc) is 1.88. The van der Waals surface area contributed by atoms with Crippen LogP contribution in [0.15, 0.2) is 0 Å². The van der Waals surface area contributed by atoms with Crippen LogP contribution in [0.5, 0.6) is 0 Å². The third-order valence-corrected chi connectivity index (χ3v) is 1.80. The minimum absolute atomic E-state index is 0.331. The summed E-state index contributed by atoms with van der Waals surface area (Å²) in [5.41, 5.74) is 0. The van der Waals surface area contributed by atoms with Crippen molar-refractivity contribution in [2.45, 2.75) is 19.8 Å². The fourth-order valence-electron chi connectivity index (χ4n) is 1.09. The molecule has 0 aromatic carbocycles. The normalized spacial score (nSPS) is 19.3. The summed E-state index contributed by atoms with van der Waals surface area (Å²) in [6.07, 6.45) is 1.24. The Balaban J connectivity index is 2.40. The molecule has 0 spiro atoms. The van der Waals surface area contributed by atoms with Gasteiger partial charge in [-0.05, 0) is 6.92 Å². The van der Waals surface area contributed by atoms with Gasteiger partial charge in [-0.2, -0.15) is 0 Å². The molecular formula is C7H12N2O. The van der Waals surface area contributed by atoms with Gasteiger partial charge in [0.25, 0.3) is 0 Å². The van der Waals surface area contributed by atoms with Gasteiger partial charge in [-0.25, -0.2) is 0 Å². The van der Waals surface area contributed by atoms with Crippen molar-refractivity contribution in [3.8, 4) is 0 Å². The van der Waals surface area contributed by atoms with Gasteiger partial charge in [0.1, 0.15) is 5.78 Å². The summed E-state index contributed by atoms with van der Waals surface area (Å²) in [5.74, 6) is 0.907. The van der Waals surface area contributed by atoms with Crippen molar-refractivity contribution in [2.75, 3.05) is 13.1 Å². The predicted octanol–water partition coefficient (Wildman–Crippen LogP) is 0.648. The van der Waals surface area contributed by atoms with Crippen LogP contribution in [-0.2, 0) is 4.79 Å². The molecule has 0 bridgehead atoms. The number of likely N-dealkylation sites (tertiary alicyclic amines) is 1. The van der Waals surface area contributed by atoms with Crippen molar-refractivity contribution in [3.63, 3.8) is 0 Å². The molecule has 0 atom stereocenters. The number of nitrogens with zero attached hydrogens (tertiary/aromatic N) is 1. The molecule has 0 aromatic heterocycles. The van der Waals surface area contributed by atoms with E-state index in [1.807, 2.05) is 4.90 Å². The number of hydrogen-bond acceptors (Lipinski definition) is 2. The lowest BCUT2D eigenvalue weighted by Crippen LogP contribution is -2.36. The predicted molar refractivity (Wildman–Crippen MR) is 39.2 cm³/mol. The quantitative estimate of drug-likeness (QED) is 0.396. The Bertz CT molecular complexity index is 155. The summed E-state index contributed by atoms with van der Waals surface area (Å²) in [7, 11) is 0. The molecule has 1 saturated heterocycles. The maximum absolute atomic E-state index is 10.7. The zero-order valence-electron chi connectivity index (χ0n) is 6.18. The van der Waals surface area contributed by atoms with E-state index in [2.05, 4.69) is 0 Å². The lowest BCUT2D eigenvalue weighted by atomic mass is 10.1. The van der Waals surface area contributed by atoms with Crippen LogP contribution in [0.1, 0.15) is 19.8 Å². The number of ketones is 1. The molecule has 10 heavy (non-hydrogen) atoms. The van der Waals surface area contributed by atoms with Crippen LogP contribution in [0.3, 0.4) is 0 Å². The van der Waals surface area contributed by atoms with E-state index < -0.39 is 0 Å². The Morgan fingerprint density at radius 2 is 2.00 bits per heavy atom. The number of rotatable bonds is 0. The third kappa shape index (κ3) is 1.56. The highest BCUT2D eigenvalue weighted by Crippen LogP contribution is 2.04. The van der Waals surface area contributed by atoms with Crippen LogP contribution in [-0.4, -0.2) is 29.6 Å². The second kappa shape index (κ2) is 2.82. The number of hydrogen-bond donors (Lipinski definition) is 1. The minimum Gasteiger partial charge on any atom is -0.360 e. The van der Waals surface area contributed by atoms with Crippen molar-refractivity contribution < 1.29 is 4.79 Å². The van der Waals surface area contributed by atoms with Crippen molar-refractivity contribution >= 4 is 11.6 Å². The highest BCUT2D eigenvalue weighted by Gasteiger charge is 2.15. The van der Waals surface area contributed by atoms with E-state index in [0.717, 1.165) is 13.1 Å². The Labute approximate surface area is 60.5 Å². The maximum Gasteiger partial charge on any atom is 0.136 e. The molecule has 1 N–H and O–H groups in total. The molecule has 1 heterocycles. The van der Waals surface area contributed by atoms with Gasteiger partial charge in [-0.3, -0.25) is 10.2 Å². The minimum atomic E-state index is 0.331. The summed E-state index contributed by atoms with van der Waals surface area (Å²) >= 11 is 0. The average molecular weight is 140 g/mol. The molecule has 56 valence electrons. The van der Waals surface area contributed by atoms with Crippen molar-refractivity contribution in [3.05, 3.63) is 0 Å². The second-order valence-corrected chi connectivity index (χ2v) is 2.61. The van der Waals surface area contributed by atoms with Crippen LogP contribution >= 0.6 is 0 Å². The van der Waals surface area contributed by atoms with Crippen LogP contribution in [0.4, 0.5) is 0 Å². The van der Waals surface area contributed by atoms with E-state index in [1.54, 1.807) is 6.92 Å². The van der Waals surface area contributed by atoms with E-state index in [9.17, 15) is 4.79 Å². The molecule has 0 saturated carbocycles. The number of nitrogens with one attached hydrogen (secondary N) is 1. The standard InChI is InChI=1S/C7H12N2O/c1-6(8)9-4-2-7(10)3-5-9/h8H,2-5H2,1H3. The summed E-state index contributed by atoms with van der Waals surface area (Å²) in [6.45, 7) is 3.25. The summed E-state index contributed by atoms with van der Waals surface area (Å²) in [4.78, 5) is 12.7. The molecule has 1 aliphatic heterocycles. The van der Waals surface area contributed by atoms with Gasteiger partial charge >= 0.3 is 0 Å². The van der Waals surface area contributed by atoms with E-state index in [1.165, 1.54) is 0 Å². The lowest BCUT2D eigenvalue weighted by molar-refractivity contribution is -0.120. The number of carbonyl (C=O) groups is 1. The van der Waals surface area contributed by atoms with E-state index in [4.69, 9.17) is 5.41 Å².